The molecule has 1 unspecified atom stereocenters. The second kappa shape index (κ2) is 6.36. The Balaban J connectivity index is 2.55. The lowest BCUT2D eigenvalue weighted by molar-refractivity contribution is -0.134. The zero-order valence-electron chi connectivity index (χ0n) is 11.6. The van der Waals surface area contributed by atoms with Crippen molar-refractivity contribution < 1.29 is 4.79 Å². The first-order valence-electron chi connectivity index (χ1n) is 6.72. The SMILES string of the molecule is CCN(CC1CCCN1C)C(=O)[C@@H](N)C(C)C. The van der Waals surface area contributed by atoms with Crippen molar-refractivity contribution >= 4 is 5.91 Å². The molecular weight excluding hydrogens is 214 g/mol. The quantitative estimate of drug-likeness (QED) is 0.778. The third-order valence-corrected chi connectivity index (χ3v) is 3.80. The molecule has 1 amide bonds. The number of likely N-dealkylation sites (N-methyl/N-ethyl adjacent to an activating group) is 2. The zero-order chi connectivity index (χ0) is 13.0. The van der Waals surface area contributed by atoms with Crippen LogP contribution >= 0.6 is 0 Å². The van der Waals surface area contributed by atoms with Gasteiger partial charge in [0.2, 0.25) is 5.91 Å². The van der Waals surface area contributed by atoms with Gasteiger partial charge in [0.1, 0.15) is 0 Å². The van der Waals surface area contributed by atoms with Crippen LogP contribution in [0.25, 0.3) is 0 Å². The molecular formula is C13H27N3O. The van der Waals surface area contributed by atoms with Crippen LogP contribution in [0, 0.1) is 5.92 Å². The highest BCUT2D eigenvalue weighted by molar-refractivity contribution is 5.81. The maximum atomic E-state index is 12.2. The van der Waals surface area contributed by atoms with Gasteiger partial charge in [0, 0.05) is 19.1 Å². The Morgan fingerprint density at radius 1 is 1.53 bits per heavy atom. The Kier molecular flexibility index (Phi) is 5.40. The van der Waals surface area contributed by atoms with E-state index in [1.807, 2.05) is 25.7 Å². The maximum absolute atomic E-state index is 12.2. The molecule has 0 aromatic rings. The Labute approximate surface area is 105 Å². The first-order valence-corrected chi connectivity index (χ1v) is 6.72. The molecule has 1 heterocycles. The number of nitrogens with two attached hydrogens (primary N) is 1. The van der Waals surface area contributed by atoms with Gasteiger partial charge < -0.3 is 15.5 Å². The van der Waals surface area contributed by atoms with E-state index in [9.17, 15) is 4.79 Å². The van der Waals surface area contributed by atoms with Crippen LogP contribution in [-0.4, -0.2) is 54.5 Å². The number of nitrogens with zero attached hydrogens (tertiary/aromatic N) is 2. The first-order chi connectivity index (χ1) is 7.97. The summed E-state index contributed by atoms with van der Waals surface area (Å²) in [5.41, 5.74) is 5.94. The first kappa shape index (κ1) is 14.5. The van der Waals surface area contributed by atoms with Crippen molar-refractivity contribution in [2.45, 2.75) is 45.7 Å². The molecule has 4 nitrogen and oxygen atoms in total. The van der Waals surface area contributed by atoms with Crippen LogP contribution < -0.4 is 5.73 Å². The molecule has 0 bridgehead atoms. The Bertz CT molecular complexity index is 255. The van der Waals surface area contributed by atoms with E-state index in [0.29, 0.717) is 6.04 Å². The molecule has 4 heteroatoms. The minimum absolute atomic E-state index is 0.0998. The van der Waals surface area contributed by atoms with Crippen molar-refractivity contribution in [1.29, 1.82) is 0 Å². The van der Waals surface area contributed by atoms with Crippen LogP contribution in [0.4, 0.5) is 0 Å². The molecule has 0 saturated carbocycles. The highest BCUT2D eigenvalue weighted by Crippen LogP contribution is 2.16. The average Bonchev–Trinajstić information content (AvgIpc) is 2.69. The molecule has 1 saturated heterocycles. The summed E-state index contributed by atoms with van der Waals surface area (Å²) in [5, 5.41) is 0. The molecule has 1 aliphatic heterocycles. The largest absolute Gasteiger partial charge is 0.340 e. The fourth-order valence-corrected chi connectivity index (χ4v) is 2.34. The fourth-order valence-electron chi connectivity index (χ4n) is 2.34. The van der Waals surface area contributed by atoms with E-state index in [2.05, 4.69) is 11.9 Å². The predicted molar refractivity (Wildman–Crippen MR) is 70.7 cm³/mol. The predicted octanol–water partition coefficient (Wildman–Crippen LogP) is 0.912. The molecule has 1 fully saturated rings. The zero-order valence-corrected chi connectivity index (χ0v) is 11.6. The van der Waals surface area contributed by atoms with Crippen molar-refractivity contribution in [3.8, 4) is 0 Å². The summed E-state index contributed by atoms with van der Waals surface area (Å²) in [6.45, 7) is 8.75. The average molecular weight is 241 g/mol. The molecule has 17 heavy (non-hydrogen) atoms. The van der Waals surface area contributed by atoms with Gasteiger partial charge in [-0.3, -0.25) is 4.79 Å². The summed E-state index contributed by atoms with van der Waals surface area (Å²) in [6, 6.07) is 0.153. The lowest BCUT2D eigenvalue weighted by atomic mass is 10.0. The van der Waals surface area contributed by atoms with Gasteiger partial charge in [0.05, 0.1) is 6.04 Å². The van der Waals surface area contributed by atoms with E-state index in [4.69, 9.17) is 5.73 Å². The third-order valence-electron chi connectivity index (χ3n) is 3.80. The van der Waals surface area contributed by atoms with Crippen LogP contribution in [0.2, 0.25) is 0 Å². The molecule has 0 aromatic carbocycles. The van der Waals surface area contributed by atoms with Crippen molar-refractivity contribution in [3.63, 3.8) is 0 Å². The van der Waals surface area contributed by atoms with Gasteiger partial charge in [-0.05, 0) is 39.3 Å². The van der Waals surface area contributed by atoms with E-state index < -0.39 is 0 Å². The van der Waals surface area contributed by atoms with Crippen molar-refractivity contribution in [2.24, 2.45) is 11.7 Å². The molecule has 0 aromatic heterocycles. The van der Waals surface area contributed by atoms with Crippen molar-refractivity contribution in [2.75, 3.05) is 26.7 Å². The van der Waals surface area contributed by atoms with Crippen LogP contribution in [0.5, 0.6) is 0 Å². The fraction of sp³-hybridized carbons (Fsp3) is 0.923. The normalized spacial score (nSPS) is 23.1. The van der Waals surface area contributed by atoms with Crippen LogP contribution in [0.15, 0.2) is 0 Å². The van der Waals surface area contributed by atoms with E-state index in [1.165, 1.54) is 12.8 Å². The summed E-state index contributed by atoms with van der Waals surface area (Å²) in [7, 11) is 2.14. The third kappa shape index (κ3) is 3.68. The van der Waals surface area contributed by atoms with Gasteiger partial charge in [-0.2, -0.15) is 0 Å². The standard InChI is InChI=1S/C13H27N3O/c1-5-16(13(17)12(14)10(2)3)9-11-7-6-8-15(11)4/h10-12H,5-9,14H2,1-4H3/t11?,12-/m0/s1. The molecule has 0 aliphatic carbocycles. The molecule has 1 aliphatic rings. The number of rotatable bonds is 5. The number of carbonyl (C=O) groups excluding carboxylic acids is 1. The van der Waals surface area contributed by atoms with Gasteiger partial charge in [-0.15, -0.1) is 0 Å². The topological polar surface area (TPSA) is 49.6 Å². The molecule has 1 rings (SSSR count). The minimum Gasteiger partial charge on any atom is -0.340 e. The number of hydrogen-bond donors (Lipinski definition) is 1. The number of hydrogen-bond acceptors (Lipinski definition) is 3. The number of likely N-dealkylation sites (tertiary alicyclic amines) is 1. The smallest absolute Gasteiger partial charge is 0.239 e. The number of amides is 1. The van der Waals surface area contributed by atoms with Gasteiger partial charge in [0.25, 0.3) is 0 Å². The van der Waals surface area contributed by atoms with E-state index in [1.54, 1.807) is 0 Å². The molecule has 0 spiro atoms. The van der Waals surface area contributed by atoms with Gasteiger partial charge in [-0.1, -0.05) is 13.8 Å². The van der Waals surface area contributed by atoms with Crippen LogP contribution in [0.1, 0.15) is 33.6 Å². The van der Waals surface area contributed by atoms with Crippen LogP contribution in [-0.2, 0) is 4.79 Å². The van der Waals surface area contributed by atoms with E-state index in [-0.39, 0.29) is 17.9 Å². The highest BCUT2D eigenvalue weighted by Gasteiger charge is 2.28. The summed E-state index contributed by atoms with van der Waals surface area (Å²) >= 11 is 0. The van der Waals surface area contributed by atoms with Crippen LogP contribution in [0.3, 0.4) is 0 Å². The minimum atomic E-state index is -0.360. The van der Waals surface area contributed by atoms with Crippen molar-refractivity contribution in [1.82, 2.24) is 9.80 Å². The lowest BCUT2D eigenvalue weighted by Crippen LogP contribution is -2.50. The summed E-state index contributed by atoms with van der Waals surface area (Å²) < 4.78 is 0. The molecule has 2 atom stereocenters. The molecule has 2 N–H and O–H groups in total. The monoisotopic (exact) mass is 241 g/mol. The Morgan fingerprint density at radius 2 is 2.18 bits per heavy atom. The Morgan fingerprint density at radius 3 is 2.59 bits per heavy atom. The number of carbonyl (C=O) groups is 1. The van der Waals surface area contributed by atoms with Gasteiger partial charge in [-0.25, -0.2) is 0 Å². The second-order valence-electron chi connectivity index (χ2n) is 5.42. The summed E-state index contributed by atoms with van der Waals surface area (Å²) in [5.74, 6) is 0.306. The van der Waals surface area contributed by atoms with Gasteiger partial charge >= 0.3 is 0 Å². The second-order valence-corrected chi connectivity index (χ2v) is 5.42. The Hall–Kier alpha value is -0.610. The van der Waals surface area contributed by atoms with Gasteiger partial charge in [0.15, 0.2) is 0 Å². The van der Waals surface area contributed by atoms with E-state index >= 15 is 0 Å². The molecule has 100 valence electrons. The van der Waals surface area contributed by atoms with Crippen molar-refractivity contribution in [3.05, 3.63) is 0 Å². The maximum Gasteiger partial charge on any atom is 0.239 e. The highest BCUT2D eigenvalue weighted by atomic mass is 16.2. The van der Waals surface area contributed by atoms with E-state index in [0.717, 1.165) is 19.6 Å². The molecule has 0 radical (unpaired) electrons. The summed E-state index contributed by atoms with van der Waals surface area (Å²) in [4.78, 5) is 16.5. The lowest BCUT2D eigenvalue weighted by Gasteiger charge is -2.30. The summed E-state index contributed by atoms with van der Waals surface area (Å²) in [6.07, 6.45) is 2.43.